The maximum absolute atomic E-state index is 9.57. The van der Waals surface area contributed by atoms with Crippen LogP contribution in [0, 0.1) is 0 Å². The van der Waals surface area contributed by atoms with E-state index in [1.165, 1.54) is 5.56 Å². The zero-order valence-corrected chi connectivity index (χ0v) is 10.1. The minimum Gasteiger partial charge on any atom is -0.389 e. The molecule has 0 aliphatic heterocycles. The number of aliphatic hydroxyl groups excluding tert-OH is 1. The van der Waals surface area contributed by atoms with Crippen molar-refractivity contribution in [3.8, 4) is 0 Å². The number of para-hydroxylation sites is 1. The number of hydrogen-bond acceptors (Lipinski definition) is 2. The van der Waals surface area contributed by atoms with Gasteiger partial charge in [0.05, 0.1) is 11.6 Å². The molecule has 1 aromatic carbocycles. The Morgan fingerprint density at radius 3 is 2.81 bits per heavy atom. The van der Waals surface area contributed by atoms with Crippen molar-refractivity contribution in [2.45, 2.75) is 26.4 Å². The first-order chi connectivity index (χ1) is 7.63. The number of benzene rings is 1. The van der Waals surface area contributed by atoms with E-state index in [1.54, 1.807) is 6.92 Å². The van der Waals surface area contributed by atoms with Gasteiger partial charge in [0.2, 0.25) is 0 Å². The molecule has 3 heteroatoms. The Labute approximate surface area is 99.9 Å². The van der Waals surface area contributed by atoms with Crippen molar-refractivity contribution in [2.75, 3.05) is 0 Å². The van der Waals surface area contributed by atoms with Gasteiger partial charge in [0.1, 0.15) is 5.15 Å². The first-order valence-corrected chi connectivity index (χ1v) is 5.77. The highest BCUT2D eigenvalue weighted by atomic mass is 35.5. The van der Waals surface area contributed by atoms with Crippen LogP contribution >= 0.6 is 11.6 Å². The van der Waals surface area contributed by atoms with Gasteiger partial charge in [-0.1, -0.05) is 36.7 Å². The van der Waals surface area contributed by atoms with Crippen LogP contribution in [0.25, 0.3) is 10.9 Å². The fourth-order valence-electron chi connectivity index (χ4n) is 1.83. The Morgan fingerprint density at radius 2 is 2.19 bits per heavy atom. The molecule has 0 bridgehead atoms. The fourth-order valence-corrected chi connectivity index (χ4v) is 2.13. The van der Waals surface area contributed by atoms with Gasteiger partial charge in [0, 0.05) is 10.9 Å². The van der Waals surface area contributed by atoms with E-state index in [9.17, 15) is 5.11 Å². The number of pyridine rings is 1. The molecule has 84 valence electrons. The molecule has 0 saturated carbocycles. The predicted octanol–water partition coefficient (Wildman–Crippen LogP) is 3.50. The molecule has 1 unspecified atom stereocenters. The van der Waals surface area contributed by atoms with Gasteiger partial charge in [0.15, 0.2) is 0 Å². The number of rotatable bonds is 2. The van der Waals surface area contributed by atoms with Crippen LogP contribution in [0.3, 0.4) is 0 Å². The molecule has 0 spiro atoms. The first-order valence-electron chi connectivity index (χ1n) is 5.39. The van der Waals surface area contributed by atoms with Crippen LogP contribution in [0.1, 0.15) is 31.1 Å². The molecule has 0 saturated heterocycles. The predicted molar refractivity (Wildman–Crippen MR) is 66.8 cm³/mol. The summed E-state index contributed by atoms with van der Waals surface area (Å²) < 4.78 is 0. The fraction of sp³-hybridized carbons (Fsp3) is 0.308. The highest BCUT2D eigenvalue weighted by Crippen LogP contribution is 2.27. The summed E-state index contributed by atoms with van der Waals surface area (Å²) in [6.45, 7) is 3.78. The molecule has 0 amide bonds. The van der Waals surface area contributed by atoms with E-state index in [2.05, 4.69) is 11.9 Å². The molecule has 1 N–H and O–H groups in total. The lowest BCUT2D eigenvalue weighted by Crippen LogP contribution is -1.96. The number of hydrogen-bond donors (Lipinski definition) is 1. The summed E-state index contributed by atoms with van der Waals surface area (Å²) in [6.07, 6.45) is 0.337. The topological polar surface area (TPSA) is 33.1 Å². The van der Waals surface area contributed by atoms with Crippen LogP contribution in [-0.2, 0) is 6.42 Å². The lowest BCUT2D eigenvalue weighted by atomic mass is 10.0. The van der Waals surface area contributed by atoms with Crippen molar-refractivity contribution in [1.82, 2.24) is 4.98 Å². The van der Waals surface area contributed by atoms with Crippen LogP contribution in [0.15, 0.2) is 24.3 Å². The molecule has 2 aromatic rings. The minimum absolute atomic E-state index is 0.392. The van der Waals surface area contributed by atoms with E-state index >= 15 is 0 Å². The largest absolute Gasteiger partial charge is 0.389 e. The highest BCUT2D eigenvalue weighted by Gasteiger charge is 2.10. The number of fused-ring (bicyclic) bond motifs is 1. The molecule has 2 nitrogen and oxygen atoms in total. The van der Waals surface area contributed by atoms with Gasteiger partial charge in [-0.25, -0.2) is 4.98 Å². The lowest BCUT2D eigenvalue weighted by Gasteiger charge is -2.10. The summed E-state index contributed by atoms with van der Waals surface area (Å²) in [5.74, 6) is 0. The van der Waals surface area contributed by atoms with Crippen LogP contribution < -0.4 is 0 Å². The van der Waals surface area contributed by atoms with E-state index in [0.29, 0.717) is 10.7 Å². The van der Waals surface area contributed by atoms with E-state index in [-0.39, 0.29) is 0 Å². The van der Waals surface area contributed by atoms with Gasteiger partial charge < -0.3 is 5.11 Å². The number of aryl methyl sites for hydroxylation is 1. The second-order valence-corrected chi connectivity index (χ2v) is 4.24. The van der Waals surface area contributed by atoms with Gasteiger partial charge >= 0.3 is 0 Å². The van der Waals surface area contributed by atoms with Gasteiger partial charge in [0.25, 0.3) is 0 Å². The Kier molecular flexibility index (Phi) is 3.13. The molecule has 1 heterocycles. The molecule has 16 heavy (non-hydrogen) atoms. The molecule has 0 aliphatic rings. The third-order valence-electron chi connectivity index (χ3n) is 2.74. The van der Waals surface area contributed by atoms with Crippen LogP contribution in [-0.4, -0.2) is 10.1 Å². The van der Waals surface area contributed by atoms with Crippen LogP contribution in [0.2, 0.25) is 5.15 Å². The molecule has 0 radical (unpaired) electrons. The van der Waals surface area contributed by atoms with Crippen molar-refractivity contribution in [3.05, 3.63) is 40.5 Å². The number of halogens is 1. The average molecular weight is 236 g/mol. The van der Waals surface area contributed by atoms with Crippen molar-refractivity contribution in [1.29, 1.82) is 0 Å². The molecule has 1 aromatic heterocycles. The summed E-state index contributed by atoms with van der Waals surface area (Å²) in [6, 6.07) is 7.95. The molecular weight excluding hydrogens is 222 g/mol. The van der Waals surface area contributed by atoms with Crippen molar-refractivity contribution < 1.29 is 5.11 Å². The van der Waals surface area contributed by atoms with Gasteiger partial charge in [-0.15, -0.1) is 0 Å². The summed E-state index contributed by atoms with van der Waals surface area (Å²) in [7, 11) is 0. The lowest BCUT2D eigenvalue weighted by molar-refractivity contribution is 0.199. The maximum Gasteiger partial charge on any atom is 0.135 e. The number of nitrogens with zero attached hydrogens (tertiary/aromatic N) is 1. The van der Waals surface area contributed by atoms with Crippen molar-refractivity contribution >= 4 is 22.5 Å². The smallest absolute Gasteiger partial charge is 0.135 e. The Hall–Kier alpha value is -1.12. The van der Waals surface area contributed by atoms with Gasteiger partial charge in [-0.2, -0.15) is 0 Å². The van der Waals surface area contributed by atoms with E-state index in [1.807, 2.05) is 24.3 Å². The number of aromatic nitrogens is 1. The van der Waals surface area contributed by atoms with E-state index in [0.717, 1.165) is 17.3 Å². The summed E-state index contributed by atoms with van der Waals surface area (Å²) in [4.78, 5) is 4.37. The number of aliphatic hydroxyl groups is 1. The van der Waals surface area contributed by atoms with Crippen LogP contribution in [0.4, 0.5) is 0 Å². The van der Waals surface area contributed by atoms with Gasteiger partial charge in [-0.3, -0.25) is 0 Å². The molecule has 1 atom stereocenters. The summed E-state index contributed by atoms with van der Waals surface area (Å²) in [5.41, 5.74) is 2.79. The minimum atomic E-state index is -0.588. The molecule has 0 fully saturated rings. The normalized spacial score (nSPS) is 13.0. The second kappa shape index (κ2) is 4.40. The standard InChI is InChI=1S/C13H14ClNO/c1-3-9-5-4-6-10-7-11(8(2)16)13(14)15-12(9)10/h4-8,16H,3H2,1-2H3. The van der Waals surface area contributed by atoms with Gasteiger partial charge in [-0.05, 0) is 25.0 Å². The summed E-state index contributed by atoms with van der Waals surface area (Å²) in [5, 5.41) is 11.0. The third kappa shape index (κ3) is 1.91. The zero-order valence-electron chi connectivity index (χ0n) is 9.37. The van der Waals surface area contributed by atoms with Crippen LogP contribution in [0.5, 0.6) is 0 Å². The Morgan fingerprint density at radius 1 is 1.44 bits per heavy atom. The monoisotopic (exact) mass is 235 g/mol. The third-order valence-corrected chi connectivity index (χ3v) is 3.04. The molecule has 2 rings (SSSR count). The van der Waals surface area contributed by atoms with Crippen molar-refractivity contribution in [2.24, 2.45) is 0 Å². The SMILES string of the molecule is CCc1cccc2cc(C(C)O)c(Cl)nc12. The second-order valence-electron chi connectivity index (χ2n) is 3.89. The van der Waals surface area contributed by atoms with E-state index < -0.39 is 6.10 Å². The summed E-state index contributed by atoms with van der Waals surface area (Å²) >= 11 is 6.06. The Balaban J connectivity index is 2.73. The molecule has 0 aliphatic carbocycles. The zero-order chi connectivity index (χ0) is 11.7. The quantitative estimate of drug-likeness (QED) is 0.809. The molecular formula is C13H14ClNO. The maximum atomic E-state index is 9.57. The first kappa shape index (κ1) is 11.4. The van der Waals surface area contributed by atoms with E-state index in [4.69, 9.17) is 11.6 Å². The van der Waals surface area contributed by atoms with Crippen molar-refractivity contribution in [3.63, 3.8) is 0 Å². The highest BCUT2D eigenvalue weighted by molar-refractivity contribution is 6.30. The Bertz CT molecular complexity index is 523. The average Bonchev–Trinajstić information content (AvgIpc) is 2.27.